The largest absolute Gasteiger partial charge is 0.393 e. The van der Waals surface area contributed by atoms with Crippen molar-refractivity contribution in [3.8, 4) is 0 Å². The van der Waals surface area contributed by atoms with Crippen LogP contribution in [0.5, 0.6) is 0 Å². The second-order valence-corrected chi connectivity index (χ2v) is 4.69. The van der Waals surface area contributed by atoms with Gasteiger partial charge in [-0.2, -0.15) is 0 Å². The Labute approximate surface area is 100 Å². The first-order valence-electron chi connectivity index (χ1n) is 5.77. The molecule has 0 amide bonds. The number of nitro groups is 1. The number of rotatable bonds is 4. The number of nitro benzene ring substituents is 1. The molecule has 2 N–H and O–H groups in total. The summed E-state index contributed by atoms with van der Waals surface area (Å²) in [5, 5.41) is 10.7. The lowest BCUT2D eigenvalue weighted by Crippen LogP contribution is -2.30. The molecule has 1 aromatic rings. The Morgan fingerprint density at radius 1 is 1.53 bits per heavy atom. The zero-order chi connectivity index (χ0) is 12.6. The van der Waals surface area contributed by atoms with Gasteiger partial charge in [0.2, 0.25) is 0 Å². The molecule has 1 fully saturated rings. The van der Waals surface area contributed by atoms with Crippen LogP contribution >= 0.6 is 0 Å². The summed E-state index contributed by atoms with van der Waals surface area (Å²) in [6.45, 7) is 2.18. The van der Waals surface area contributed by atoms with Gasteiger partial charge in [0.25, 0.3) is 5.69 Å². The number of hydrogen-bond acceptors (Lipinski definition) is 4. The van der Waals surface area contributed by atoms with Crippen LogP contribution in [0.25, 0.3) is 0 Å². The number of nitrogen functional groups attached to an aromatic ring is 1. The summed E-state index contributed by atoms with van der Waals surface area (Å²) in [6.07, 6.45) is 2.54. The van der Waals surface area contributed by atoms with Crippen molar-refractivity contribution in [2.75, 3.05) is 17.7 Å². The van der Waals surface area contributed by atoms with E-state index in [0.717, 1.165) is 11.6 Å². The Balaban J connectivity index is 2.21. The van der Waals surface area contributed by atoms with E-state index in [4.69, 9.17) is 5.73 Å². The molecule has 0 saturated heterocycles. The van der Waals surface area contributed by atoms with Gasteiger partial charge in [0.1, 0.15) is 5.69 Å². The first-order chi connectivity index (χ1) is 8.00. The van der Waals surface area contributed by atoms with E-state index in [2.05, 4.69) is 11.8 Å². The number of nitrogens with zero attached hydrogens (tertiary/aromatic N) is 2. The molecule has 2 rings (SSSR count). The Bertz CT molecular complexity index is 443. The molecule has 0 aromatic heterocycles. The predicted octanol–water partition coefficient (Wildman–Crippen LogP) is 2.41. The molecule has 92 valence electrons. The Morgan fingerprint density at radius 3 is 2.65 bits per heavy atom. The molecule has 1 aliphatic carbocycles. The van der Waals surface area contributed by atoms with Crippen LogP contribution in [-0.2, 0) is 0 Å². The highest BCUT2D eigenvalue weighted by molar-refractivity contribution is 5.66. The fourth-order valence-corrected chi connectivity index (χ4v) is 2.06. The molecule has 0 bridgehead atoms. The zero-order valence-corrected chi connectivity index (χ0v) is 10.1. The molecule has 0 spiro atoms. The van der Waals surface area contributed by atoms with Crippen LogP contribution in [0.4, 0.5) is 17.1 Å². The van der Waals surface area contributed by atoms with Crippen molar-refractivity contribution in [2.45, 2.75) is 25.8 Å². The fraction of sp³-hybridized carbons (Fsp3) is 0.500. The lowest BCUT2D eigenvalue weighted by molar-refractivity contribution is -0.383. The van der Waals surface area contributed by atoms with Crippen LogP contribution in [0.3, 0.4) is 0 Å². The van der Waals surface area contributed by atoms with Crippen LogP contribution in [0, 0.1) is 16.0 Å². The summed E-state index contributed by atoms with van der Waals surface area (Å²) in [7, 11) is 2.00. The van der Waals surface area contributed by atoms with E-state index in [1.54, 1.807) is 12.1 Å². The van der Waals surface area contributed by atoms with Gasteiger partial charge in [-0.3, -0.25) is 10.1 Å². The van der Waals surface area contributed by atoms with Gasteiger partial charge < -0.3 is 10.6 Å². The van der Waals surface area contributed by atoms with Crippen molar-refractivity contribution in [3.05, 3.63) is 28.3 Å². The van der Waals surface area contributed by atoms with E-state index in [1.165, 1.54) is 18.9 Å². The number of hydrogen-bond donors (Lipinski definition) is 1. The first-order valence-corrected chi connectivity index (χ1v) is 5.77. The van der Waals surface area contributed by atoms with E-state index >= 15 is 0 Å². The third kappa shape index (κ3) is 2.33. The van der Waals surface area contributed by atoms with Crippen molar-refractivity contribution in [1.29, 1.82) is 0 Å². The number of benzene rings is 1. The summed E-state index contributed by atoms with van der Waals surface area (Å²) < 4.78 is 0. The van der Waals surface area contributed by atoms with Crippen LogP contribution in [-0.4, -0.2) is 18.0 Å². The maximum absolute atomic E-state index is 10.7. The number of nitrogens with two attached hydrogens (primary N) is 1. The zero-order valence-electron chi connectivity index (χ0n) is 10.1. The van der Waals surface area contributed by atoms with E-state index in [0.29, 0.717) is 6.04 Å². The molecule has 5 heteroatoms. The second kappa shape index (κ2) is 4.24. The average molecular weight is 235 g/mol. The quantitative estimate of drug-likeness (QED) is 0.494. The van der Waals surface area contributed by atoms with Gasteiger partial charge in [-0.05, 0) is 37.8 Å². The molecule has 1 saturated carbocycles. The Kier molecular flexibility index (Phi) is 2.92. The maximum Gasteiger partial charge on any atom is 0.292 e. The normalized spacial score (nSPS) is 16.6. The highest BCUT2D eigenvalue weighted by Gasteiger charge is 2.30. The van der Waals surface area contributed by atoms with Crippen LogP contribution in [0.2, 0.25) is 0 Å². The van der Waals surface area contributed by atoms with Gasteiger partial charge in [-0.25, -0.2) is 0 Å². The molecule has 1 aromatic carbocycles. The molecule has 0 radical (unpaired) electrons. The third-order valence-corrected chi connectivity index (χ3v) is 3.53. The lowest BCUT2D eigenvalue weighted by atomic mass is 10.1. The molecule has 5 nitrogen and oxygen atoms in total. The molecule has 1 aliphatic rings. The van der Waals surface area contributed by atoms with E-state index < -0.39 is 4.92 Å². The van der Waals surface area contributed by atoms with Gasteiger partial charge in [0.05, 0.1) is 4.92 Å². The van der Waals surface area contributed by atoms with E-state index in [1.807, 2.05) is 7.05 Å². The molecule has 0 heterocycles. The minimum Gasteiger partial charge on any atom is -0.393 e. The van der Waals surface area contributed by atoms with Crippen LogP contribution < -0.4 is 10.6 Å². The SMILES string of the molecule is CC(C1CC1)N(C)c1ccc([N+](=O)[O-])c(N)c1. The first kappa shape index (κ1) is 11.7. The lowest BCUT2D eigenvalue weighted by Gasteiger charge is -2.27. The maximum atomic E-state index is 10.7. The van der Waals surface area contributed by atoms with Gasteiger partial charge in [0, 0.05) is 24.8 Å². The minimum absolute atomic E-state index is 0.0266. The Morgan fingerprint density at radius 2 is 2.18 bits per heavy atom. The summed E-state index contributed by atoms with van der Waals surface area (Å²) in [4.78, 5) is 12.3. The summed E-state index contributed by atoms with van der Waals surface area (Å²) >= 11 is 0. The summed E-state index contributed by atoms with van der Waals surface area (Å²) in [5.74, 6) is 0.747. The summed E-state index contributed by atoms with van der Waals surface area (Å²) in [6, 6.07) is 5.36. The highest BCUT2D eigenvalue weighted by Crippen LogP contribution is 2.37. The van der Waals surface area contributed by atoms with Crippen LogP contribution in [0.15, 0.2) is 18.2 Å². The monoisotopic (exact) mass is 235 g/mol. The molecule has 1 unspecified atom stereocenters. The van der Waals surface area contributed by atoms with Crippen molar-refractivity contribution in [1.82, 2.24) is 0 Å². The van der Waals surface area contributed by atoms with Gasteiger partial charge in [-0.15, -0.1) is 0 Å². The number of anilines is 2. The van der Waals surface area contributed by atoms with Crippen molar-refractivity contribution in [2.24, 2.45) is 5.92 Å². The summed E-state index contributed by atoms with van der Waals surface area (Å²) in [5.41, 5.74) is 6.82. The van der Waals surface area contributed by atoms with Gasteiger partial charge in [0.15, 0.2) is 0 Å². The molecule has 1 atom stereocenters. The predicted molar refractivity (Wildman–Crippen MR) is 68.1 cm³/mol. The molecule has 0 aliphatic heterocycles. The molecular weight excluding hydrogens is 218 g/mol. The minimum atomic E-state index is -0.455. The fourth-order valence-electron chi connectivity index (χ4n) is 2.06. The van der Waals surface area contributed by atoms with Crippen molar-refractivity contribution in [3.63, 3.8) is 0 Å². The van der Waals surface area contributed by atoms with Crippen LogP contribution in [0.1, 0.15) is 19.8 Å². The smallest absolute Gasteiger partial charge is 0.292 e. The topological polar surface area (TPSA) is 72.4 Å². The van der Waals surface area contributed by atoms with Gasteiger partial charge >= 0.3 is 0 Å². The third-order valence-electron chi connectivity index (χ3n) is 3.53. The Hall–Kier alpha value is -1.78. The average Bonchev–Trinajstić information content (AvgIpc) is 3.10. The van der Waals surface area contributed by atoms with Crippen molar-refractivity contribution >= 4 is 17.1 Å². The molecule has 17 heavy (non-hydrogen) atoms. The van der Waals surface area contributed by atoms with Gasteiger partial charge in [-0.1, -0.05) is 0 Å². The van der Waals surface area contributed by atoms with E-state index in [9.17, 15) is 10.1 Å². The molecular formula is C12H17N3O2. The highest BCUT2D eigenvalue weighted by atomic mass is 16.6. The van der Waals surface area contributed by atoms with E-state index in [-0.39, 0.29) is 11.4 Å². The standard InChI is InChI=1S/C12H17N3O2/c1-8(9-3-4-9)14(2)10-5-6-12(15(16)17)11(13)7-10/h5-9H,3-4,13H2,1-2H3. The van der Waals surface area contributed by atoms with Crippen molar-refractivity contribution < 1.29 is 4.92 Å². The second-order valence-electron chi connectivity index (χ2n) is 4.69.